The number of rotatable bonds is 8. The third kappa shape index (κ3) is 6.32. The quantitative estimate of drug-likeness (QED) is 0.612. The van der Waals surface area contributed by atoms with Gasteiger partial charge in [0.15, 0.2) is 0 Å². The Labute approximate surface area is 178 Å². The zero-order valence-corrected chi connectivity index (χ0v) is 17.6. The molecule has 4 N–H and O–H groups in total. The minimum absolute atomic E-state index is 0.111. The fourth-order valence-electron chi connectivity index (χ4n) is 4.20. The van der Waals surface area contributed by atoms with Gasteiger partial charge in [-0.15, -0.1) is 0 Å². The number of urea groups is 1. The van der Waals surface area contributed by atoms with Gasteiger partial charge in [0, 0.05) is 18.3 Å². The summed E-state index contributed by atoms with van der Waals surface area (Å²) in [6, 6.07) is 16.8. The monoisotopic (exact) mass is 408 g/mol. The van der Waals surface area contributed by atoms with Gasteiger partial charge < -0.3 is 16.4 Å². The number of carbonyl (C=O) groups is 2. The fraction of sp³-hybridized carbons (Fsp3) is 0.417. The number of hydrogen-bond acceptors (Lipinski definition) is 3. The highest BCUT2D eigenvalue weighted by Crippen LogP contribution is 2.25. The van der Waals surface area contributed by atoms with Gasteiger partial charge in [-0.05, 0) is 37.1 Å². The number of primary amides is 1. The highest BCUT2D eigenvalue weighted by atomic mass is 16.2. The largest absolute Gasteiger partial charge is 0.352 e. The predicted molar refractivity (Wildman–Crippen MR) is 120 cm³/mol. The molecule has 0 aromatic heterocycles. The summed E-state index contributed by atoms with van der Waals surface area (Å²) in [6.07, 6.45) is 6.51. The van der Waals surface area contributed by atoms with Crippen LogP contribution < -0.4 is 16.4 Å². The van der Waals surface area contributed by atoms with Crippen molar-refractivity contribution in [3.63, 3.8) is 0 Å². The van der Waals surface area contributed by atoms with Crippen LogP contribution in [0.5, 0.6) is 0 Å². The van der Waals surface area contributed by atoms with Crippen LogP contribution in [-0.2, 0) is 11.3 Å². The van der Waals surface area contributed by atoms with Gasteiger partial charge in [0.2, 0.25) is 5.91 Å². The summed E-state index contributed by atoms with van der Waals surface area (Å²) in [5.74, 6) is -0.162. The first kappa shape index (κ1) is 21.8. The van der Waals surface area contributed by atoms with Gasteiger partial charge in [0.05, 0.1) is 12.5 Å². The van der Waals surface area contributed by atoms with E-state index in [1.54, 1.807) is 0 Å². The molecule has 2 aromatic rings. The van der Waals surface area contributed by atoms with E-state index < -0.39 is 12.1 Å². The Kier molecular flexibility index (Phi) is 7.85. The number of anilines is 1. The molecule has 1 atom stereocenters. The molecule has 0 spiro atoms. The lowest BCUT2D eigenvalue weighted by Gasteiger charge is -2.31. The maximum Gasteiger partial charge on any atom is 0.312 e. The molecule has 1 fully saturated rings. The van der Waals surface area contributed by atoms with Gasteiger partial charge >= 0.3 is 6.03 Å². The first-order chi connectivity index (χ1) is 14.5. The molecule has 6 nitrogen and oxygen atoms in total. The van der Waals surface area contributed by atoms with E-state index in [1.165, 1.54) is 32.1 Å². The van der Waals surface area contributed by atoms with Crippen molar-refractivity contribution in [3.05, 3.63) is 65.7 Å². The number of nitrogens with one attached hydrogen (secondary N) is 2. The fourth-order valence-corrected chi connectivity index (χ4v) is 4.20. The highest BCUT2D eigenvalue weighted by Gasteiger charge is 2.20. The molecule has 0 heterocycles. The van der Waals surface area contributed by atoms with E-state index in [-0.39, 0.29) is 12.3 Å². The van der Waals surface area contributed by atoms with Crippen LogP contribution in [0.2, 0.25) is 0 Å². The van der Waals surface area contributed by atoms with Crippen molar-refractivity contribution in [2.24, 2.45) is 5.73 Å². The van der Waals surface area contributed by atoms with Crippen LogP contribution in [0.1, 0.15) is 55.7 Å². The topological polar surface area (TPSA) is 87.5 Å². The Morgan fingerprint density at radius 2 is 1.70 bits per heavy atom. The van der Waals surface area contributed by atoms with Gasteiger partial charge in [-0.25, -0.2) is 4.79 Å². The van der Waals surface area contributed by atoms with Crippen molar-refractivity contribution < 1.29 is 9.59 Å². The van der Waals surface area contributed by atoms with Crippen molar-refractivity contribution >= 4 is 17.6 Å². The second kappa shape index (κ2) is 10.8. The first-order valence-electron chi connectivity index (χ1n) is 10.7. The van der Waals surface area contributed by atoms with Gasteiger partial charge in [-0.2, -0.15) is 0 Å². The van der Waals surface area contributed by atoms with Crippen LogP contribution >= 0.6 is 0 Å². The van der Waals surface area contributed by atoms with Crippen molar-refractivity contribution in [1.29, 1.82) is 0 Å². The molecule has 0 saturated heterocycles. The molecule has 0 radical (unpaired) electrons. The Morgan fingerprint density at radius 1 is 1.03 bits per heavy atom. The highest BCUT2D eigenvalue weighted by molar-refractivity contribution is 5.92. The minimum Gasteiger partial charge on any atom is -0.352 e. The van der Waals surface area contributed by atoms with E-state index in [0.29, 0.717) is 6.04 Å². The molecule has 0 bridgehead atoms. The lowest BCUT2D eigenvalue weighted by Crippen LogP contribution is -2.35. The molecule has 1 aliphatic carbocycles. The standard InChI is InChI=1S/C24H32N4O2/c1-28(20-13-6-3-7-14-20)17-19-12-8-9-15-21(19)26-23(29)16-22(27-24(25)30)18-10-4-2-5-11-18/h2,4-5,8-12,15,20,22H,3,6-7,13-14,16-17H2,1H3,(H,26,29)(H3,25,27,30). The molecule has 1 unspecified atom stereocenters. The van der Waals surface area contributed by atoms with Crippen molar-refractivity contribution in [2.75, 3.05) is 12.4 Å². The van der Waals surface area contributed by atoms with Gasteiger partial charge in [0.1, 0.15) is 0 Å². The van der Waals surface area contributed by atoms with Gasteiger partial charge in [-0.3, -0.25) is 9.69 Å². The van der Waals surface area contributed by atoms with Crippen molar-refractivity contribution in [1.82, 2.24) is 10.2 Å². The molecule has 160 valence electrons. The van der Waals surface area contributed by atoms with E-state index in [2.05, 4.69) is 28.6 Å². The summed E-state index contributed by atoms with van der Waals surface area (Å²) >= 11 is 0. The normalized spacial score (nSPS) is 15.5. The molecule has 1 aliphatic rings. The van der Waals surface area contributed by atoms with Crippen LogP contribution in [0, 0.1) is 0 Å². The average molecular weight is 409 g/mol. The minimum atomic E-state index is -0.647. The summed E-state index contributed by atoms with van der Waals surface area (Å²) in [5.41, 5.74) is 8.08. The molecule has 3 rings (SSSR count). The number of benzene rings is 2. The molecule has 1 saturated carbocycles. The van der Waals surface area contributed by atoms with E-state index in [9.17, 15) is 9.59 Å². The van der Waals surface area contributed by atoms with Gasteiger partial charge in [-0.1, -0.05) is 67.8 Å². The predicted octanol–water partition coefficient (Wildman–Crippen LogP) is 4.19. The lowest BCUT2D eigenvalue weighted by atomic mass is 9.94. The summed E-state index contributed by atoms with van der Waals surface area (Å²) in [6.45, 7) is 0.794. The molecule has 30 heavy (non-hydrogen) atoms. The molecule has 3 amide bonds. The second-order valence-corrected chi connectivity index (χ2v) is 8.09. The first-order valence-corrected chi connectivity index (χ1v) is 10.7. The number of amides is 3. The summed E-state index contributed by atoms with van der Waals surface area (Å²) in [4.78, 5) is 26.6. The number of para-hydroxylation sites is 1. The van der Waals surface area contributed by atoms with E-state index in [4.69, 9.17) is 5.73 Å². The zero-order valence-electron chi connectivity index (χ0n) is 17.6. The molecular formula is C24H32N4O2. The number of carbonyl (C=O) groups excluding carboxylic acids is 2. The Morgan fingerprint density at radius 3 is 2.40 bits per heavy atom. The van der Waals surface area contributed by atoms with E-state index in [1.807, 2.05) is 48.5 Å². The van der Waals surface area contributed by atoms with Crippen LogP contribution in [-0.4, -0.2) is 29.9 Å². The molecule has 2 aromatic carbocycles. The molecular weight excluding hydrogens is 376 g/mol. The van der Waals surface area contributed by atoms with Crippen LogP contribution in [0.3, 0.4) is 0 Å². The molecule has 6 heteroatoms. The smallest absolute Gasteiger partial charge is 0.312 e. The molecule has 0 aliphatic heterocycles. The van der Waals surface area contributed by atoms with Crippen LogP contribution in [0.4, 0.5) is 10.5 Å². The van der Waals surface area contributed by atoms with Crippen LogP contribution in [0.15, 0.2) is 54.6 Å². The number of hydrogen-bond donors (Lipinski definition) is 3. The summed E-state index contributed by atoms with van der Waals surface area (Å²) < 4.78 is 0. The van der Waals surface area contributed by atoms with E-state index >= 15 is 0 Å². The second-order valence-electron chi connectivity index (χ2n) is 8.09. The van der Waals surface area contributed by atoms with Crippen molar-refractivity contribution in [2.45, 2.75) is 57.2 Å². The summed E-state index contributed by atoms with van der Waals surface area (Å²) in [5, 5.41) is 5.71. The maximum absolute atomic E-state index is 12.8. The maximum atomic E-state index is 12.8. The Bertz CT molecular complexity index is 834. The summed E-state index contributed by atoms with van der Waals surface area (Å²) in [7, 11) is 2.16. The zero-order chi connectivity index (χ0) is 21.3. The van der Waals surface area contributed by atoms with Crippen molar-refractivity contribution in [3.8, 4) is 0 Å². The third-order valence-electron chi connectivity index (χ3n) is 5.82. The van der Waals surface area contributed by atoms with Gasteiger partial charge in [0.25, 0.3) is 0 Å². The third-order valence-corrected chi connectivity index (χ3v) is 5.82. The SMILES string of the molecule is CN(Cc1ccccc1NC(=O)CC(NC(N)=O)c1ccccc1)C1CCCCC1. The Hall–Kier alpha value is -2.86. The Balaban J connectivity index is 1.66. The number of nitrogens with two attached hydrogens (primary N) is 1. The lowest BCUT2D eigenvalue weighted by molar-refractivity contribution is -0.116. The number of nitrogens with zero attached hydrogens (tertiary/aromatic N) is 1. The van der Waals surface area contributed by atoms with E-state index in [0.717, 1.165) is 23.4 Å². The van der Waals surface area contributed by atoms with Crippen LogP contribution in [0.25, 0.3) is 0 Å². The average Bonchev–Trinajstić information content (AvgIpc) is 2.75.